The molecule has 0 heterocycles. The van der Waals surface area contributed by atoms with Crippen LogP contribution in [0.25, 0.3) is 0 Å². The Kier molecular flexibility index (Phi) is 7.13. The summed E-state index contributed by atoms with van der Waals surface area (Å²) in [6.45, 7) is 4.28. The molecule has 0 spiro atoms. The smallest absolute Gasteiger partial charge is 0.264 e. The summed E-state index contributed by atoms with van der Waals surface area (Å²) in [6.07, 6.45) is 5.33. The van der Waals surface area contributed by atoms with Gasteiger partial charge < -0.3 is 0 Å². The van der Waals surface area contributed by atoms with Gasteiger partial charge in [-0.1, -0.05) is 39.5 Å². The summed E-state index contributed by atoms with van der Waals surface area (Å²) in [5.41, 5.74) is 0. The molecule has 0 fully saturated rings. The quantitative estimate of drug-likeness (QED) is 0.508. The first-order chi connectivity index (χ1) is 6.45. The first-order valence-electron chi connectivity index (χ1n) is 5.07. The van der Waals surface area contributed by atoms with Crippen LogP contribution in [0.4, 0.5) is 0 Å². The van der Waals surface area contributed by atoms with Crippen LogP contribution in [0, 0.1) is 5.92 Å². The van der Waals surface area contributed by atoms with E-state index in [1.165, 1.54) is 19.3 Å². The van der Waals surface area contributed by atoms with Crippen LogP contribution in [0.5, 0.6) is 0 Å². The van der Waals surface area contributed by atoms with Gasteiger partial charge in [-0.25, -0.2) is 4.18 Å². The monoisotopic (exact) mass is 224 g/mol. The third-order valence-corrected chi connectivity index (χ3v) is 2.61. The predicted molar refractivity (Wildman–Crippen MR) is 55.4 cm³/mol. The molecule has 4 nitrogen and oxygen atoms in total. The minimum absolute atomic E-state index is 0.0755. The van der Waals surface area contributed by atoms with E-state index in [4.69, 9.17) is 4.55 Å². The topological polar surface area (TPSA) is 63.6 Å². The molecule has 0 aromatic carbocycles. The lowest BCUT2D eigenvalue weighted by molar-refractivity contribution is 0.245. The fourth-order valence-corrected chi connectivity index (χ4v) is 1.55. The van der Waals surface area contributed by atoms with Gasteiger partial charge in [-0.05, 0) is 12.3 Å². The molecule has 0 aliphatic heterocycles. The molecule has 0 bridgehead atoms. The first-order valence-corrected chi connectivity index (χ1v) is 6.44. The predicted octanol–water partition coefficient (Wildman–Crippen LogP) is 2.41. The van der Waals surface area contributed by atoms with Gasteiger partial charge in [0.15, 0.2) is 0 Å². The van der Waals surface area contributed by atoms with E-state index < -0.39 is 10.4 Å². The summed E-state index contributed by atoms with van der Waals surface area (Å²) in [5, 5.41) is 0. The molecule has 14 heavy (non-hydrogen) atoms. The Morgan fingerprint density at radius 1 is 1.29 bits per heavy atom. The highest BCUT2D eigenvalue weighted by atomic mass is 32.3. The van der Waals surface area contributed by atoms with Gasteiger partial charge in [-0.15, -0.1) is 0 Å². The van der Waals surface area contributed by atoms with Gasteiger partial charge in [0.05, 0.1) is 6.61 Å². The molecule has 0 amide bonds. The summed E-state index contributed by atoms with van der Waals surface area (Å²) < 4.78 is 32.9. The van der Waals surface area contributed by atoms with Crippen molar-refractivity contribution < 1.29 is 17.2 Å². The maximum Gasteiger partial charge on any atom is 0.397 e. The Hall–Kier alpha value is -0.130. The van der Waals surface area contributed by atoms with Gasteiger partial charge in [0.1, 0.15) is 0 Å². The molecular weight excluding hydrogens is 204 g/mol. The zero-order valence-corrected chi connectivity index (χ0v) is 9.72. The zero-order chi connectivity index (χ0) is 11.0. The van der Waals surface area contributed by atoms with Crippen molar-refractivity contribution in [3.63, 3.8) is 0 Å². The average Bonchev–Trinajstić information content (AvgIpc) is 2.02. The summed E-state index contributed by atoms with van der Waals surface area (Å²) in [6, 6.07) is 0. The molecule has 1 unspecified atom stereocenters. The van der Waals surface area contributed by atoms with Crippen molar-refractivity contribution in [1.82, 2.24) is 0 Å². The first kappa shape index (κ1) is 13.9. The minimum Gasteiger partial charge on any atom is -0.264 e. The van der Waals surface area contributed by atoms with Crippen LogP contribution in [0.3, 0.4) is 0 Å². The Labute approximate surface area is 86.6 Å². The molecule has 86 valence electrons. The van der Waals surface area contributed by atoms with Crippen molar-refractivity contribution in [1.29, 1.82) is 0 Å². The molecule has 1 N–H and O–H groups in total. The van der Waals surface area contributed by atoms with Crippen LogP contribution in [0.15, 0.2) is 0 Å². The molecule has 1 atom stereocenters. The molecule has 0 rings (SSSR count). The van der Waals surface area contributed by atoms with E-state index in [-0.39, 0.29) is 6.61 Å². The van der Waals surface area contributed by atoms with Crippen molar-refractivity contribution in [3.05, 3.63) is 0 Å². The maximum absolute atomic E-state index is 10.2. The molecule has 0 aromatic rings. The van der Waals surface area contributed by atoms with Crippen LogP contribution >= 0.6 is 0 Å². The molecule has 5 heteroatoms. The second-order valence-electron chi connectivity index (χ2n) is 3.64. The Morgan fingerprint density at radius 3 is 2.43 bits per heavy atom. The van der Waals surface area contributed by atoms with E-state index in [9.17, 15) is 8.42 Å². The van der Waals surface area contributed by atoms with E-state index in [0.717, 1.165) is 6.42 Å². The van der Waals surface area contributed by atoms with Crippen molar-refractivity contribution >= 4 is 10.4 Å². The Bertz CT molecular complexity index is 223. The van der Waals surface area contributed by atoms with Gasteiger partial charge in [0.25, 0.3) is 0 Å². The number of hydrogen-bond donors (Lipinski definition) is 1. The van der Waals surface area contributed by atoms with Crippen LogP contribution < -0.4 is 0 Å². The van der Waals surface area contributed by atoms with E-state index in [1.54, 1.807) is 0 Å². The fraction of sp³-hybridized carbons (Fsp3) is 1.00. The van der Waals surface area contributed by atoms with E-state index >= 15 is 0 Å². The van der Waals surface area contributed by atoms with Crippen molar-refractivity contribution in [2.24, 2.45) is 5.92 Å². The van der Waals surface area contributed by atoms with E-state index in [1.807, 2.05) is 0 Å². The largest absolute Gasteiger partial charge is 0.397 e. The number of hydrogen-bond acceptors (Lipinski definition) is 3. The summed E-state index contributed by atoms with van der Waals surface area (Å²) in [5.74, 6) is 0.447. The van der Waals surface area contributed by atoms with Crippen molar-refractivity contribution in [3.8, 4) is 0 Å². The molecule has 0 saturated carbocycles. The highest BCUT2D eigenvalue weighted by molar-refractivity contribution is 7.80. The second-order valence-corrected chi connectivity index (χ2v) is 4.73. The van der Waals surface area contributed by atoms with Crippen molar-refractivity contribution in [2.45, 2.75) is 46.0 Å². The normalized spacial score (nSPS) is 14.2. The van der Waals surface area contributed by atoms with Gasteiger partial charge in [-0.2, -0.15) is 8.42 Å². The van der Waals surface area contributed by atoms with Gasteiger partial charge in [0.2, 0.25) is 0 Å². The summed E-state index contributed by atoms with van der Waals surface area (Å²) >= 11 is 0. The summed E-state index contributed by atoms with van der Waals surface area (Å²) in [7, 11) is -4.24. The van der Waals surface area contributed by atoms with Gasteiger partial charge in [-0.3, -0.25) is 4.55 Å². The third-order valence-electron chi connectivity index (χ3n) is 2.14. The molecular formula is C9H20O4S. The molecule has 0 aliphatic rings. The van der Waals surface area contributed by atoms with Crippen molar-refractivity contribution in [2.75, 3.05) is 6.61 Å². The standard InChI is InChI=1S/C9H20O4S/c1-3-4-5-6-9(2)7-8-13-14(10,11)12/h9H,3-8H2,1-2H3,(H,10,11,12). The Balaban J connectivity index is 3.40. The van der Waals surface area contributed by atoms with Crippen LogP contribution in [-0.2, 0) is 14.6 Å². The lowest BCUT2D eigenvalue weighted by atomic mass is 10.0. The average molecular weight is 224 g/mol. The lowest BCUT2D eigenvalue weighted by Gasteiger charge is -2.09. The molecule has 0 radical (unpaired) electrons. The molecule has 0 aliphatic carbocycles. The Morgan fingerprint density at radius 2 is 1.93 bits per heavy atom. The fourth-order valence-electron chi connectivity index (χ4n) is 1.24. The second kappa shape index (κ2) is 7.20. The SMILES string of the molecule is CCCCCC(C)CCOS(=O)(=O)O. The van der Waals surface area contributed by atoms with Gasteiger partial charge in [0, 0.05) is 0 Å². The van der Waals surface area contributed by atoms with Crippen LogP contribution in [0.1, 0.15) is 46.0 Å². The third kappa shape index (κ3) is 9.95. The highest BCUT2D eigenvalue weighted by Crippen LogP contribution is 2.13. The summed E-state index contributed by atoms with van der Waals surface area (Å²) in [4.78, 5) is 0. The van der Waals surface area contributed by atoms with Crippen LogP contribution in [-0.4, -0.2) is 19.6 Å². The molecule has 0 aromatic heterocycles. The number of unbranched alkanes of at least 4 members (excludes halogenated alkanes) is 2. The lowest BCUT2D eigenvalue weighted by Crippen LogP contribution is -2.08. The van der Waals surface area contributed by atoms with Gasteiger partial charge >= 0.3 is 10.4 Å². The molecule has 0 saturated heterocycles. The van der Waals surface area contributed by atoms with Crippen LogP contribution in [0.2, 0.25) is 0 Å². The highest BCUT2D eigenvalue weighted by Gasteiger charge is 2.06. The van der Waals surface area contributed by atoms with E-state index in [0.29, 0.717) is 12.3 Å². The number of rotatable bonds is 8. The minimum atomic E-state index is -4.24. The zero-order valence-electron chi connectivity index (χ0n) is 8.90. The maximum atomic E-state index is 10.2. The van der Waals surface area contributed by atoms with E-state index in [2.05, 4.69) is 18.0 Å².